The van der Waals surface area contributed by atoms with E-state index in [1.807, 2.05) is 42.1 Å². The molecule has 5 rings (SSSR count). The van der Waals surface area contributed by atoms with Gasteiger partial charge in [0.05, 0.1) is 54.4 Å². The molecule has 0 saturated heterocycles. The van der Waals surface area contributed by atoms with Crippen LogP contribution in [0, 0.1) is 0 Å². The summed E-state index contributed by atoms with van der Waals surface area (Å²) in [6, 6.07) is 20.4. The molecule has 0 aliphatic heterocycles. The van der Waals surface area contributed by atoms with Crippen LogP contribution in [0.15, 0.2) is 71.9 Å². The standard InChI is InChI=1S/C31H32N6O3/c1-6-40-31-33-27-9-7-8-25(30(38)39-5)29(27)36(31)18-21-10-12-22(13-11-21)26-16-24(15-14-23(26)17-32-4)37-19-28(20(2)3)34-35-37/h7-17,19-20H,6,18H2,1-5H3. The van der Waals surface area contributed by atoms with Gasteiger partial charge in [-0.25, -0.2) is 9.48 Å². The fraction of sp³-hybridized carbons (Fsp3) is 0.258. The lowest BCUT2D eigenvalue weighted by molar-refractivity contribution is 0.0602. The molecule has 0 saturated carbocycles. The number of carbonyl (C=O) groups is 1. The molecular weight excluding hydrogens is 504 g/mol. The van der Waals surface area contributed by atoms with E-state index in [0.29, 0.717) is 41.7 Å². The maximum Gasteiger partial charge on any atom is 0.340 e. The first-order valence-corrected chi connectivity index (χ1v) is 13.2. The van der Waals surface area contributed by atoms with Crippen molar-refractivity contribution in [1.82, 2.24) is 24.5 Å². The summed E-state index contributed by atoms with van der Waals surface area (Å²) in [6.45, 7) is 7.04. The molecule has 0 atom stereocenters. The van der Waals surface area contributed by atoms with Gasteiger partial charge < -0.3 is 9.47 Å². The van der Waals surface area contributed by atoms with Crippen LogP contribution in [-0.4, -0.2) is 57.5 Å². The van der Waals surface area contributed by atoms with E-state index < -0.39 is 5.97 Å². The number of fused-ring (bicyclic) bond motifs is 1. The SMILES string of the molecule is CCOc1nc2cccc(C(=O)OC)c2n1Cc1ccc(-c2cc(-n3cc(C(C)C)nn3)ccc2C=NC)cc1. The third-order valence-electron chi connectivity index (χ3n) is 6.69. The number of nitrogens with zero attached hydrogens (tertiary/aromatic N) is 6. The van der Waals surface area contributed by atoms with Gasteiger partial charge in [0.25, 0.3) is 6.01 Å². The Balaban J connectivity index is 1.52. The van der Waals surface area contributed by atoms with Crippen molar-refractivity contribution >= 4 is 23.2 Å². The summed E-state index contributed by atoms with van der Waals surface area (Å²) in [5, 5.41) is 8.63. The fourth-order valence-corrected chi connectivity index (χ4v) is 4.65. The molecule has 9 nitrogen and oxygen atoms in total. The minimum atomic E-state index is -0.414. The Labute approximate surface area is 233 Å². The minimum absolute atomic E-state index is 0.298. The number of para-hydroxylation sites is 1. The van der Waals surface area contributed by atoms with Gasteiger partial charge in [-0.2, -0.15) is 4.98 Å². The van der Waals surface area contributed by atoms with Crippen LogP contribution >= 0.6 is 0 Å². The summed E-state index contributed by atoms with van der Waals surface area (Å²) in [5.74, 6) is -0.116. The highest BCUT2D eigenvalue weighted by Gasteiger charge is 2.20. The minimum Gasteiger partial charge on any atom is -0.465 e. The molecular formula is C31H32N6O3. The fourth-order valence-electron chi connectivity index (χ4n) is 4.65. The van der Waals surface area contributed by atoms with Gasteiger partial charge in [0.2, 0.25) is 0 Å². The van der Waals surface area contributed by atoms with Gasteiger partial charge >= 0.3 is 5.97 Å². The summed E-state index contributed by atoms with van der Waals surface area (Å²) in [4.78, 5) is 21.4. The number of imidazole rings is 1. The molecule has 204 valence electrons. The van der Waals surface area contributed by atoms with Crippen LogP contribution < -0.4 is 4.74 Å². The molecule has 40 heavy (non-hydrogen) atoms. The largest absolute Gasteiger partial charge is 0.465 e. The first kappa shape index (κ1) is 26.8. The molecule has 2 aromatic heterocycles. The molecule has 0 amide bonds. The number of rotatable bonds is 9. The van der Waals surface area contributed by atoms with Crippen LogP contribution in [-0.2, 0) is 11.3 Å². The molecule has 0 spiro atoms. The number of aliphatic imine (C=N–C) groups is 1. The molecule has 0 aliphatic carbocycles. The summed E-state index contributed by atoms with van der Waals surface area (Å²) in [7, 11) is 3.14. The molecule has 0 aliphatic rings. The second kappa shape index (κ2) is 11.5. The average molecular weight is 537 g/mol. The predicted octanol–water partition coefficient (Wildman–Crippen LogP) is 5.69. The van der Waals surface area contributed by atoms with E-state index in [9.17, 15) is 4.79 Å². The Morgan fingerprint density at radius 2 is 1.90 bits per heavy atom. The zero-order valence-electron chi connectivity index (χ0n) is 23.3. The summed E-state index contributed by atoms with van der Waals surface area (Å²) in [5.41, 5.74) is 7.79. The van der Waals surface area contributed by atoms with E-state index in [-0.39, 0.29) is 0 Å². The Morgan fingerprint density at radius 3 is 2.58 bits per heavy atom. The average Bonchev–Trinajstić information content (AvgIpc) is 3.60. The van der Waals surface area contributed by atoms with E-state index in [1.165, 1.54) is 7.11 Å². The first-order valence-electron chi connectivity index (χ1n) is 13.2. The summed E-state index contributed by atoms with van der Waals surface area (Å²) < 4.78 is 14.6. The zero-order valence-corrected chi connectivity index (χ0v) is 23.3. The highest BCUT2D eigenvalue weighted by molar-refractivity contribution is 6.02. The molecule has 0 fully saturated rings. The summed E-state index contributed by atoms with van der Waals surface area (Å²) in [6.07, 6.45) is 3.82. The maximum absolute atomic E-state index is 12.5. The highest BCUT2D eigenvalue weighted by Crippen LogP contribution is 2.29. The van der Waals surface area contributed by atoms with Crippen molar-refractivity contribution in [2.24, 2.45) is 4.99 Å². The van der Waals surface area contributed by atoms with Crippen molar-refractivity contribution in [2.45, 2.75) is 33.2 Å². The molecule has 5 aromatic rings. The Bertz CT molecular complexity index is 1680. The molecule has 3 aromatic carbocycles. The van der Waals surface area contributed by atoms with Crippen LogP contribution in [0.1, 0.15) is 53.9 Å². The van der Waals surface area contributed by atoms with E-state index in [2.05, 4.69) is 64.5 Å². The summed E-state index contributed by atoms with van der Waals surface area (Å²) >= 11 is 0. The van der Waals surface area contributed by atoms with Crippen LogP contribution in [0.3, 0.4) is 0 Å². The van der Waals surface area contributed by atoms with E-state index in [4.69, 9.17) is 9.47 Å². The Kier molecular flexibility index (Phi) is 7.72. The van der Waals surface area contributed by atoms with Gasteiger partial charge in [-0.15, -0.1) is 5.10 Å². The van der Waals surface area contributed by atoms with E-state index in [0.717, 1.165) is 33.6 Å². The third-order valence-corrected chi connectivity index (χ3v) is 6.69. The van der Waals surface area contributed by atoms with Gasteiger partial charge in [-0.05, 0) is 53.8 Å². The Hall–Kier alpha value is -4.79. The smallest absolute Gasteiger partial charge is 0.340 e. The van der Waals surface area contributed by atoms with Gasteiger partial charge in [0.1, 0.15) is 0 Å². The zero-order chi connectivity index (χ0) is 28.2. The second-order valence-corrected chi connectivity index (χ2v) is 9.68. The van der Waals surface area contributed by atoms with Crippen LogP contribution in [0.4, 0.5) is 0 Å². The van der Waals surface area contributed by atoms with Gasteiger partial charge in [0.15, 0.2) is 0 Å². The number of hydrogen-bond donors (Lipinski definition) is 0. The van der Waals surface area contributed by atoms with Gasteiger partial charge in [-0.3, -0.25) is 9.56 Å². The topological polar surface area (TPSA) is 96.4 Å². The molecule has 0 unspecified atom stereocenters. The quantitative estimate of drug-likeness (QED) is 0.177. The van der Waals surface area contributed by atoms with Crippen molar-refractivity contribution in [3.8, 4) is 22.8 Å². The number of esters is 1. The molecule has 9 heteroatoms. The number of benzene rings is 3. The predicted molar refractivity (Wildman–Crippen MR) is 156 cm³/mol. The van der Waals surface area contributed by atoms with Gasteiger partial charge in [0, 0.05) is 18.8 Å². The van der Waals surface area contributed by atoms with E-state index >= 15 is 0 Å². The number of methoxy groups -OCH3 is 1. The number of hydrogen-bond acceptors (Lipinski definition) is 7. The second-order valence-electron chi connectivity index (χ2n) is 9.68. The third kappa shape index (κ3) is 5.22. The van der Waals surface area contributed by atoms with E-state index in [1.54, 1.807) is 23.9 Å². The lowest BCUT2D eigenvalue weighted by atomic mass is 9.98. The highest BCUT2D eigenvalue weighted by atomic mass is 16.5. The van der Waals surface area contributed by atoms with Crippen LogP contribution in [0.2, 0.25) is 0 Å². The van der Waals surface area contributed by atoms with Crippen LogP contribution in [0.25, 0.3) is 27.8 Å². The lowest BCUT2D eigenvalue weighted by Gasteiger charge is -2.13. The molecule has 2 heterocycles. The lowest BCUT2D eigenvalue weighted by Crippen LogP contribution is -2.09. The normalized spacial score (nSPS) is 11.6. The van der Waals surface area contributed by atoms with Crippen molar-refractivity contribution in [3.05, 3.63) is 89.2 Å². The van der Waals surface area contributed by atoms with Crippen molar-refractivity contribution in [3.63, 3.8) is 0 Å². The molecule has 0 N–H and O–H groups in total. The first-order chi connectivity index (χ1) is 19.4. The Morgan fingerprint density at radius 1 is 1.10 bits per heavy atom. The van der Waals surface area contributed by atoms with Gasteiger partial charge in [-0.1, -0.05) is 55.5 Å². The van der Waals surface area contributed by atoms with Crippen molar-refractivity contribution in [1.29, 1.82) is 0 Å². The maximum atomic E-state index is 12.5. The number of carbonyl (C=O) groups excluding carboxylic acids is 1. The van der Waals surface area contributed by atoms with Crippen molar-refractivity contribution < 1.29 is 14.3 Å². The molecule has 0 bridgehead atoms. The monoisotopic (exact) mass is 536 g/mol. The number of ether oxygens (including phenoxy) is 2. The van der Waals surface area contributed by atoms with Crippen molar-refractivity contribution in [2.75, 3.05) is 20.8 Å². The number of aromatic nitrogens is 5. The van der Waals surface area contributed by atoms with Crippen LogP contribution in [0.5, 0.6) is 6.01 Å². The molecule has 0 radical (unpaired) electrons.